The highest BCUT2D eigenvalue weighted by Crippen LogP contribution is 1.89. The van der Waals surface area contributed by atoms with E-state index < -0.39 is 0 Å². The Labute approximate surface area is 90.4 Å². The summed E-state index contributed by atoms with van der Waals surface area (Å²) in [7, 11) is 0. The normalized spacial score (nSPS) is 12.2. The molecule has 0 saturated heterocycles. The maximum atomic E-state index is 9.60. The second kappa shape index (κ2) is 3.73. The van der Waals surface area contributed by atoms with E-state index in [2.05, 4.69) is 4.99 Å². The molecule has 0 spiro atoms. The van der Waals surface area contributed by atoms with Crippen LogP contribution < -0.4 is 10.7 Å². The van der Waals surface area contributed by atoms with Crippen LogP contribution in [0.15, 0.2) is 29.4 Å². The Kier molecular flexibility index (Phi) is 2.40. The summed E-state index contributed by atoms with van der Waals surface area (Å²) in [4.78, 5) is 5.28. The molecule has 6 nitrogen and oxygen atoms in total. The smallest absolute Gasteiger partial charge is 0.136 e. The molecule has 1 aliphatic carbocycles. The van der Waals surface area contributed by atoms with E-state index in [-0.39, 0.29) is 10.7 Å². The van der Waals surface area contributed by atoms with E-state index in [1.807, 2.05) is 6.92 Å². The van der Waals surface area contributed by atoms with E-state index in [0.717, 1.165) is 0 Å². The summed E-state index contributed by atoms with van der Waals surface area (Å²) in [6, 6.07) is 4.86. The van der Waals surface area contributed by atoms with Gasteiger partial charge in [0.2, 0.25) is 0 Å². The average Bonchev–Trinajstić information content (AvgIpc) is 2.27. The van der Waals surface area contributed by atoms with Gasteiger partial charge >= 0.3 is 0 Å². The highest BCUT2D eigenvalue weighted by molar-refractivity contribution is 5.08. The molecule has 0 aromatic carbocycles. The van der Waals surface area contributed by atoms with E-state index in [0.29, 0.717) is 26.8 Å². The largest absolute Gasteiger partial charge is 0.411 e. The minimum Gasteiger partial charge on any atom is -0.411 e. The van der Waals surface area contributed by atoms with Crippen molar-refractivity contribution in [3.63, 3.8) is 0 Å². The fourth-order valence-electron chi connectivity index (χ4n) is 1.59. The molecule has 0 atom stereocenters. The summed E-state index contributed by atoms with van der Waals surface area (Å²) in [5, 5.41) is 28.2. The van der Waals surface area contributed by atoms with E-state index in [1.165, 1.54) is 12.3 Å². The molecule has 2 rings (SSSR count). The molecule has 84 valence electrons. The predicted molar refractivity (Wildman–Crippen MR) is 54.0 cm³/mol. The number of hydrogen-bond donors (Lipinski definition) is 3. The van der Waals surface area contributed by atoms with Gasteiger partial charge in [0.05, 0.1) is 16.9 Å². The number of nitrogens with zero attached hydrogens (tertiary/aromatic N) is 3. The second-order valence-corrected chi connectivity index (χ2v) is 3.29. The zero-order valence-corrected chi connectivity index (χ0v) is 8.75. The molecule has 6 heteroatoms. The summed E-state index contributed by atoms with van der Waals surface area (Å²) in [6.45, 7) is 2.52. The summed E-state index contributed by atoms with van der Waals surface area (Å²) < 4.78 is 0. The van der Waals surface area contributed by atoms with Crippen LogP contribution in [0.25, 0.3) is 0 Å². The maximum absolute atomic E-state index is 9.60. The van der Waals surface area contributed by atoms with Crippen LogP contribution >= 0.6 is 0 Å². The van der Waals surface area contributed by atoms with Crippen LogP contribution in [-0.2, 0) is 0 Å². The Morgan fingerprint density at radius 3 is 2.75 bits per heavy atom. The van der Waals surface area contributed by atoms with Crippen molar-refractivity contribution < 1.29 is 10.4 Å². The van der Waals surface area contributed by atoms with E-state index >= 15 is 0 Å². The van der Waals surface area contributed by atoms with Gasteiger partial charge in [-0.15, -0.1) is 0 Å². The second-order valence-electron chi connectivity index (χ2n) is 3.29. The summed E-state index contributed by atoms with van der Waals surface area (Å²) in [6.07, 6.45) is 1.29. The van der Waals surface area contributed by atoms with Crippen molar-refractivity contribution >= 4 is 0 Å². The maximum Gasteiger partial charge on any atom is 0.136 e. The van der Waals surface area contributed by atoms with Crippen LogP contribution in [0.3, 0.4) is 0 Å². The minimum atomic E-state index is 0.121. The van der Waals surface area contributed by atoms with Gasteiger partial charge in [-0.2, -0.15) is 0 Å². The Balaban J connectivity index is 3.15. The van der Waals surface area contributed by atoms with Crippen LogP contribution in [0, 0.1) is 16.0 Å². The standard InChI is InChI=1S/C10H12N4O2/c1-2-12-9-4-3-8(11)10-7(9)5-6-13(15)14(10)16/h3-6,11,15-16H,2H2,1H3. The molecule has 16 heavy (non-hydrogen) atoms. The van der Waals surface area contributed by atoms with Crippen molar-refractivity contribution in [2.45, 2.75) is 6.92 Å². The van der Waals surface area contributed by atoms with Gasteiger partial charge < -0.3 is 10.4 Å². The first-order chi connectivity index (χ1) is 7.65. The molecule has 0 unspecified atom stereocenters. The SMILES string of the molecule is CCN=c1ccc(=N)c2n(O)n(O)ccc1=2. The van der Waals surface area contributed by atoms with Gasteiger partial charge in [-0.1, -0.05) is 9.69 Å². The fourth-order valence-corrected chi connectivity index (χ4v) is 1.59. The van der Waals surface area contributed by atoms with Gasteiger partial charge in [0.25, 0.3) is 0 Å². The highest BCUT2D eigenvalue weighted by Gasteiger charge is 2.00. The van der Waals surface area contributed by atoms with Crippen molar-refractivity contribution in [3.8, 4) is 0 Å². The number of aromatic nitrogens is 2. The Morgan fingerprint density at radius 2 is 2.06 bits per heavy atom. The molecule has 0 fully saturated rings. The number of hydrogen-bond acceptors (Lipinski definition) is 4. The summed E-state index contributed by atoms with van der Waals surface area (Å²) in [5.41, 5.74) is 0. The number of rotatable bonds is 1. The molecule has 3 N–H and O–H groups in total. The van der Waals surface area contributed by atoms with E-state index in [1.54, 1.807) is 12.1 Å². The monoisotopic (exact) mass is 220 g/mol. The first kappa shape index (κ1) is 10.3. The lowest BCUT2D eigenvalue weighted by Crippen LogP contribution is -2.23. The van der Waals surface area contributed by atoms with Gasteiger partial charge in [0.15, 0.2) is 0 Å². The van der Waals surface area contributed by atoms with Crippen LogP contribution in [0.2, 0.25) is 0 Å². The molecule has 1 aliphatic heterocycles. The fraction of sp³-hybridized carbons (Fsp3) is 0.200. The molecule has 0 aromatic rings. The van der Waals surface area contributed by atoms with Crippen molar-refractivity contribution in [1.82, 2.24) is 9.69 Å². The molecule has 0 amide bonds. The lowest BCUT2D eigenvalue weighted by molar-refractivity contribution is -0.0221. The zero-order chi connectivity index (χ0) is 11.7. The lowest BCUT2D eigenvalue weighted by atomic mass is 10.2. The molecule has 1 heterocycles. The Bertz CT molecular complexity index is 698. The van der Waals surface area contributed by atoms with Gasteiger partial charge in [0.1, 0.15) is 5.35 Å². The molecule has 0 saturated carbocycles. The van der Waals surface area contributed by atoms with Crippen molar-refractivity contribution in [2.24, 2.45) is 4.99 Å². The van der Waals surface area contributed by atoms with Crippen molar-refractivity contribution in [3.05, 3.63) is 45.7 Å². The minimum absolute atomic E-state index is 0.121. The van der Waals surface area contributed by atoms with Gasteiger partial charge in [-0.05, 0) is 25.1 Å². The molecule has 0 bridgehead atoms. The van der Waals surface area contributed by atoms with Crippen LogP contribution in [0.5, 0.6) is 0 Å². The van der Waals surface area contributed by atoms with Gasteiger partial charge in [-0.25, -0.2) is 0 Å². The average molecular weight is 220 g/mol. The first-order valence-electron chi connectivity index (χ1n) is 4.86. The Hall–Kier alpha value is -2.24. The zero-order valence-electron chi connectivity index (χ0n) is 8.75. The number of nitrogens with one attached hydrogen (secondary N) is 1. The molecule has 0 aromatic heterocycles. The predicted octanol–water partition coefficient (Wildman–Crippen LogP) is -0.111. The van der Waals surface area contributed by atoms with Crippen LogP contribution in [-0.4, -0.2) is 26.6 Å². The topological polar surface area (TPSA) is 86.5 Å². The summed E-state index contributed by atoms with van der Waals surface area (Å²) in [5.74, 6) is 0. The first-order valence-corrected chi connectivity index (χ1v) is 4.86. The van der Waals surface area contributed by atoms with E-state index in [4.69, 9.17) is 5.41 Å². The van der Waals surface area contributed by atoms with Crippen LogP contribution in [0.1, 0.15) is 6.92 Å². The summed E-state index contributed by atoms with van der Waals surface area (Å²) >= 11 is 0. The third-order valence-electron chi connectivity index (χ3n) is 2.29. The quantitative estimate of drug-likeness (QED) is 0.585. The van der Waals surface area contributed by atoms with Crippen molar-refractivity contribution in [1.29, 1.82) is 5.41 Å². The molecule has 2 aliphatic rings. The van der Waals surface area contributed by atoms with Gasteiger partial charge in [0, 0.05) is 11.8 Å². The molecular formula is C10H12N4O2. The third-order valence-corrected chi connectivity index (χ3v) is 2.29. The molecular weight excluding hydrogens is 208 g/mol. The molecule has 0 radical (unpaired) electrons. The highest BCUT2D eigenvalue weighted by atomic mass is 16.6. The van der Waals surface area contributed by atoms with Crippen molar-refractivity contribution in [2.75, 3.05) is 6.54 Å². The third kappa shape index (κ3) is 1.44. The van der Waals surface area contributed by atoms with Crippen LogP contribution in [0.4, 0.5) is 0 Å². The Morgan fingerprint density at radius 1 is 1.31 bits per heavy atom. The van der Waals surface area contributed by atoms with Gasteiger partial charge in [-0.3, -0.25) is 10.4 Å². The van der Waals surface area contributed by atoms with E-state index in [9.17, 15) is 10.4 Å². The lowest BCUT2D eigenvalue weighted by Gasteiger charge is -2.05.